The minimum absolute atomic E-state index is 0.0435. The highest BCUT2D eigenvalue weighted by Gasteiger charge is 2.34. The average molecular weight is 405 g/mol. The summed E-state index contributed by atoms with van der Waals surface area (Å²) in [5.74, 6) is -0.449. The van der Waals surface area contributed by atoms with Crippen LogP contribution in [0, 0.1) is 12.8 Å². The van der Waals surface area contributed by atoms with Gasteiger partial charge in [-0.05, 0) is 39.2 Å². The lowest BCUT2D eigenvalue weighted by Crippen LogP contribution is -2.45. The molecule has 8 heteroatoms. The molecule has 2 aromatic rings. The van der Waals surface area contributed by atoms with Crippen LogP contribution in [0.5, 0.6) is 0 Å². The summed E-state index contributed by atoms with van der Waals surface area (Å²) in [6, 6.07) is 8.11. The minimum atomic E-state index is -3.69. The lowest BCUT2D eigenvalue weighted by molar-refractivity contribution is -0.126. The monoisotopic (exact) mass is 404 g/mol. The average Bonchev–Trinajstić information content (AvgIpc) is 3.18. The molecule has 1 aliphatic heterocycles. The van der Waals surface area contributed by atoms with Gasteiger partial charge < -0.3 is 9.88 Å². The number of sulfonamides is 1. The van der Waals surface area contributed by atoms with Crippen molar-refractivity contribution in [3.63, 3.8) is 0 Å². The fourth-order valence-corrected chi connectivity index (χ4v) is 4.84. The van der Waals surface area contributed by atoms with Crippen LogP contribution in [-0.4, -0.2) is 41.3 Å². The third-order valence-electron chi connectivity index (χ3n) is 5.08. The molecule has 0 bridgehead atoms. The molecule has 0 spiro atoms. The Morgan fingerprint density at radius 1 is 1.36 bits per heavy atom. The molecule has 3 rings (SSSR count). The molecule has 0 radical (unpaired) electrons. The smallest absolute Gasteiger partial charge is 0.262 e. The van der Waals surface area contributed by atoms with Crippen LogP contribution in [0.2, 0.25) is 0 Å². The van der Waals surface area contributed by atoms with Crippen LogP contribution < -0.4 is 5.32 Å². The van der Waals surface area contributed by atoms with Gasteiger partial charge in [-0.3, -0.25) is 4.79 Å². The molecule has 1 atom stereocenters. The molecular weight excluding hydrogens is 376 g/mol. The highest BCUT2D eigenvalue weighted by Crippen LogP contribution is 2.23. The fraction of sp³-hybridized carbons (Fsp3) is 0.500. The van der Waals surface area contributed by atoms with Gasteiger partial charge in [0, 0.05) is 31.9 Å². The van der Waals surface area contributed by atoms with Crippen LogP contribution >= 0.6 is 0 Å². The molecule has 1 fully saturated rings. The minimum Gasteiger partial charge on any atom is -0.352 e. The van der Waals surface area contributed by atoms with Crippen LogP contribution in [0.15, 0.2) is 41.8 Å². The molecule has 2 heterocycles. The van der Waals surface area contributed by atoms with Crippen LogP contribution in [0.4, 0.5) is 0 Å². The fourth-order valence-electron chi connectivity index (χ4n) is 3.40. The summed E-state index contributed by atoms with van der Waals surface area (Å²) in [4.78, 5) is 16.7. The second-order valence-electron chi connectivity index (χ2n) is 7.66. The Balaban J connectivity index is 1.64. The normalized spacial score (nSPS) is 18.4. The molecule has 0 saturated carbocycles. The zero-order valence-corrected chi connectivity index (χ0v) is 17.4. The van der Waals surface area contributed by atoms with E-state index in [1.54, 1.807) is 10.8 Å². The summed E-state index contributed by atoms with van der Waals surface area (Å²) in [5, 5.41) is 2.99. The van der Waals surface area contributed by atoms with Crippen LogP contribution in [0.3, 0.4) is 0 Å². The Morgan fingerprint density at radius 2 is 2.14 bits per heavy atom. The van der Waals surface area contributed by atoms with E-state index in [0.29, 0.717) is 25.9 Å². The predicted octanol–water partition coefficient (Wildman–Crippen LogP) is 2.49. The largest absolute Gasteiger partial charge is 0.352 e. The first-order valence-corrected chi connectivity index (χ1v) is 11.1. The second-order valence-corrected chi connectivity index (χ2v) is 9.55. The summed E-state index contributed by atoms with van der Waals surface area (Å²) in [6.07, 6.45) is 4.44. The Bertz CT molecular complexity index is 936. The third-order valence-corrected chi connectivity index (χ3v) is 6.83. The number of nitrogens with zero attached hydrogens (tertiary/aromatic N) is 3. The maximum atomic E-state index is 12.9. The van der Waals surface area contributed by atoms with Crippen molar-refractivity contribution >= 4 is 15.9 Å². The number of imidazole rings is 1. The summed E-state index contributed by atoms with van der Waals surface area (Å²) in [6.45, 7) is 6.99. The van der Waals surface area contributed by atoms with Crippen molar-refractivity contribution in [1.29, 1.82) is 0 Å². The predicted molar refractivity (Wildman–Crippen MR) is 107 cm³/mol. The summed E-state index contributed by atoms with van der Waals surface area (Å²) >= 11 is 0. The van der Waals surface area contributed by atoms with Gasteiger partial charge in [0.15, 0.2) is 5.03 Å². The lowest BCUT2D eigenvalue weighted by Gasteiger charge is -2.30. The van der Waals surface area contributed by atoms with E-state index in [9.17, 15) is 13.2 Å². The number of aromatic nitrogens is 2. The van der Waals surface area contributed by atoms with E-state index in [2.05, 4.69) is 10.3 Å². The van der Waals surface area contributed by atoms with Crippen molar-refractivity contribution in [2.75, 3.05) is 13.1 Å². The Labute approximate surface area is 166 Å². The van der Waals surface area contributed by atoms with Gasteiger partial charge in [-0.1, -0.05) is 29.8 Å². The Morgan fingerprint density at radius 3 is 2.82 bits per heavy atom. The quantitative estimate of drug-likeness (QED) is 0.802. The van der Waals surface area contributed by atoms with Gasteiger partial charge in [0.1, 0.15) is 0 Å². The molecule has 152 valence electrons. The first kappa shape index (κ1) is 20.5. The summed E-state index contributed by atoms with van der Waals surface area (Å²) < 4.78 is 29.0. The second kappa shape index (κ2) is 8.45. The van der Waals surface area contributed by atoms with Crippen molar-refractivity contribution in [3.8, 4) is 0 Å². The van der Waals surface area contributed by atoms with E-state index in [1.807, 2.05) is 45.0 Å². The molecule has 1 amide bonds. The zero-order valence-electron chi connectivity index (χ0n) is 16.6. The van der Waals surface area contributed by atoms with E-state index in [0.717, 1.165) is 11.1 Å². The highest BCUT2D eigenvalue weighted by atomic mass is 32.2. The van der Waals surface area contributed by atoms with Crippen LogP contribution in [-0.2, 0) is 21.4 Å². The molecule has 28 heavy (non-hydrogen) atoms. The first-order valence-electron chi connectivity index (χ1n) is 9.64. The number of benzene rings is 1. The molecule has 1 aliphatic rings. The number of hydrogen-bond acceptors (Lipinski definition) is 4. The summed E-state index contributed by atoms with van der Waals surface area (Å²) in [7, 11) is -3.69. The Kier molecular flexibility index (Phi) is 6.20. The highest BCUT2D eigenvalue weighted by molar-refractivity contribution is 7.89. The van der Waals surface area contributed by atoms with E-state index in [-0.39, 0.29) is 29.4 Å². The molecule has 1 saturated heterocycles. The van der Waals surface area contributed by atoms with Crippen molar-refractivity contribution in [2.45, 2.75) is 51.2 Å². The van der Waals surface area contributed by atoms with Crippen LogP contribution in [0.1, 0.15) is 43.9 Å². The van der Waals surface area contributed by atoms with E-state index in [4.69, 9.17) is 0 Å². The maximum Gasteiger partial charge on any atom is 0.262 e. The lowest BCUT2D eigenvalue weighted by atomic mass is 9.98. The molecule has 1 aromatic carbocycles. The molecular formula is C20H28N4O3S. The number of carbonyl (C=O) groups is 1. The van der Waals surface area contributed by atoms with Crippen molar-refractivity contribution in [2.24, 2.45) is 5.92 Å². The maximum absolute atomic E-state index is 12.9. The first-order chi connectivity index (χ1) is 13.3. The van der Waals surface area contributed by atoms with Gasteiger partial charge in [0.25, 0.3) is 10.0 Å². The topological polar surface area (TPSA) is 84.3 Å². The summed E-state index contributed by atoms with van der Waals surface area (Å²) in [5.41, 5.74) is 2.18. The Hall–Kier alpha value is -2.19. The van der Waals surface area contributed by atoms with Gasteiger partial charge in [0.2, 0.25) is 5.91 Å². The van der Waals surface area contributed by atoms with Gasteiger partial charge in [-0.15, -0.1) is 0 Å². The molecule has 0 aliphatic carbocycles. The number of aryl methyl sites for hydroxylation is 1. The van der Waals surface area contributed by atoms with E-state index in [1.165, 1.54) is 10.6 Å². The molecule has 1 N–H and O–H groups in total. The molecule has 7 nitrogen and oxygen atoms in total. The van der Waals surface area contributed by atoms with Gasteiger partial charge >= 0.3 is 0 Å². The standard InChI is InChI=1S/C20H28N4O3S/c1-15(2)23-13-19(22-14-23)28(26,27)24-9-5-8-18(12-24)20(25)21-11-17-7-4-6-16(3)10-17/h4,6-7,10,13-15,18H,5,8-9,11-12H2,1-3H3,(H,21,25)/t18-/m0/s1. The molecule has 1 aromatic heterocycles. The van der Waals surface area contributed by atoms with Gasteiger partial charge in [0.05, 0.1) is 12.2 Å². The van der Waals surface area contributed by atoms with Crippen molar-refractivity contribution < 1.29 is 13.2 Å². The van der Waals surface area contributed by atoms with Crippen molar-refractivity contribution in [3.05, 3.63) is 47.9 Å². The number of rotatable bonds is 6. The van der Waals surface area contributed by atoms with Gasteiger partial charge in [-0.2, -0.15) is 4.31 Å². The molecule has 0 unspecified atom stereocenters. The van der Waals surface area contributed by atoms with E-state index < -0.39 is 10.0 Å². The SMILES string of the molecule is Cc1cccc(CNC(=O)[C@H]2CCCN(S(=O)(=O)c3cn(C(C)C)cn3)C2)c1. The number of hydrogen-bond donors (Lipinski definition) is 1. The van der Waals surface area contributed by atoms with Crippen molar-refractivity contribution in [1.82, 2.24) is 19.2 Å². The van der Waals surface area contributed by atoms with Crippen LogP contribution in [0.25, 0.3) is 0 Å². The number of nitrogens with one attached hydrogen (secondary N) is 1. The van der Waals surface area contributed by atoms with E-state index >= 15 is 0 Å². The number of amides is 1. The third kappa shape index (κ3) is 4.62. The number of carbonyl (C=O) groups excluding carboxylic acids is 1. The number of piperidine rings is 1. The van der Waals surface area contributed by atoms with Gasteiger partial charge in [-0.25, -0.2) is 13.4 Å². The zero-order chi connectivity index (χ0) is 20.3.